The zero-order valence-corrected chi connectivity index (χ0v) is 31.6. The molecule has 1 aliphatic carbocycles. The number of likely N-dealkylation sites (tertiary alicyclic amines) is 1. The first-order chi connectivity index (χ1) is 23.3. The lowest BCUT2D eigenvalue weighted by Crippen LogP contribution is -2.66. The maximum Gasteiger partial charge on any atom is 0.289 e. The van der Waals surface area contributed by atoms with Gasteiger partial charge in [-0.3, -0.25) is 33.9 Å². The van der Waals surface area contributed by atoms with E-state index in [4.69, 9.17) is 4.74 Å². The van der Waals surface area contributed by atoms with Gasteiger partial charge in [-0.15, -0.1) is 0 Å². The summed E-state index contributed by atoms with van der Waals surface area (Å²) in [7, 11) is 0. The van der Waals surface area contributed by atoms with Crippen LogP contribution in [0.5, 0.6) is 0 Å². The molecule has 2 unspecified atom stereocenters. The van der Waals surface area contributed by atoms with Crippen LogP contribution in [0.15, 0.2) is 18.6 Å². The third-order valence-electron chi connectivity index (χ3n) is 10.7. The number of Topliss-reactive ketones (excluding diaryl/α,β-unsaturated/α-hetero) is 1. The van der Waals surface area contributed by atoms with Gasteiger partial charge in [-0.2, -0.15) is 0 Å². The van der Waals surface area contributed by atoms with E-state index in [0.717, 1.165) is 12.8 Å². The molecule has 0 aromatic carbocycles. The van der Waals surface area contributed by atoms with Crippen LogP contribution in [0.1, 0.15) is 112 Å². The molecule has 3 aliphatic rings. The molecule has 1 aromatic heterocycles. The van der Waals surface area contributed by atoms with Crippen molar-refractivity contribution in [3.63, 3.8) is 0 Å². The fourth-order valence-corrected chi connectivity index (χ4v) is 7.86. The van der Waals surface area contributed by atoms with Crippen LogP contribution in [0.2, 0.25) is 0 Å². The van der Waals surface area contributed by atoms with Gasteiger partial charge in [0.05, 0.1) is 30.9 Å². The Labute approximate surface area is 297 Å². The van der Waals surface area contributed by atoms with Crippen molar-refractivity contribution in [1.82, 2.24) is 36.1 Å². The molecule has 3 fully saturated rings. The van der Waals surface area contributed by atoms with Gasteiger partial charge < -0.3 is 26.0 Å². The maximum atomic E-state index is 14.5. The fourth-order valence-electron chi connectivity index (χ4n) is 7.86. The summed E-state index contributed by atoms with van der Waals surface area (Å²) in [6.45, 7) is 20.4. The fraction of sp³-hybridized carbons (Fsp3) is 0.757. The first kappa shape index (κ1) is 39.3. The molecule has 0 spiro atoms. The largest absolute Gasteiger partial charge is 0.351 e. The monoisotopic (exact) mass is 697 g/mol. The van der Waals surface area contributed by atoms with Crippen LogP contribution in [0, 0.1) is 28.6 Å². The summed E-state index contributed by atoms with van der Waals surface area (Å²) in [5.74, 6) is -2.00. The van der Waals surface area contributed by atoms with Crippen molar-refractivity contribution in [2.45, 2.75) is 137 Å². The Morgan fingerprint density at radius 3 is 2.20 bits per heavy atom. The van der Waals surface area contributed by atoms with Gasteiger partial charge in [0, 0.05) is 25.0 Å². The second-order valence-electron chi connectivity index (χ2n) is 16.8. The lowest BCUT2D eigenvalue weighted by molar-refractivity contribution is -0.142. The van der Waals surface area contributed by atoms with Gasteiger partial charge >= 0.3 is 0 Å². The SMILES string of the molecule is CCC[C@H](NC(=O)[C@@H]1C2[C@@H](CC[C@@H]2C)CN1C1([C@@H](NC(=O)[C@@H](NC(=O)c2cnccn2)C(C)(C)C)C(C)(C)C)CO1)C(=O)C(=O)N[C@@H](C)CC. The number of rotatable bonds is 14. The van der Waals surface area contributed by atoms with E-state index in [1.807, 2.05) is 62.3 Å². The number of carbonyl (C=O) groups is 5. The molecule has 1 aromatic rings. The Morgan fingerprint density at radius 1 is 0.980 bits per heavy atom. The zero-order valence-electron chi connectivity index (χ0n) is 31.6. The maximum absolute atomic E-state index is 14.5. The van der Waals surface area contributed by atoms with E-state index in [1.165, 1.54) is 18.6 Å². The number of hydrogen-bond acceptors (Lipinski definition) is 9. The molecular formula is C37H59N7O6. The van der Waals surface area contributed by atoms with Crippen LogP contribution in [0.3, 0.4) is 0 Å². The van der Waals surface area contributed by atoms with E-state index in [1.54, 1.807) is 0 Å². The third-order valence-corrected chi connectivity index (χ3v) is 10.7. The molecule has 4 rings (SSSR count). The molecule has 2 aliphatic heterocycles. The molecule has 1 saturated carbocycles. The van der Waals surface area contributed by atoms with Crippen molar-refractivity contribution in [3.8, 4) is 0 Å². The van der Waals surface area contributed by atoms with Crippen LogP contribution >= 0.6 is 0 Å². The van der Waals surface area contributed by atoms with Crippen LogP contribution in [0.25, 0.3) is 0 Å². The van der Waals surface area contributed by atoms with E-state index < -0.39 is 58.3 Å². The van der Waals surface area contributed by atoms with Crippen LogP contribution in [-0.4, -0.2) is 93.4 Å². The van der Waals surface area contributed by atoms with Gasteiger partial charge in [0.1, 0.15) is 11.7 Å². The molecule has 0 radical (unpaired) electrons. The van der Waals surface area contributed by atoms with E-state index >= 15 is 0 Å². The minimum atomic E-state index is -0.991. The van der Waals surface area contributed by atoms with Gasteiger partial charge in [-0.05, 0) is 54.8 Å². The van der Waals surface area contributed by atoms with E-state index in [2.05, 4.69) is 43.1 Å². The average molecular weight is 698 g/mol. The zero-order chi connectivity index (χ0) is 37.2. The molecule has 13 nitrogen and oxygen atoms in total. The Bertz CT molecular complexity index is 1400. The van der Waals surface area contributed by atoms with Crippen LogP contribution in [-0.2, 0) is 23.9 Å². The number of nitrogens with one attached hydrogen (secondary N) is 4. The molecule has 0 bridgehead atoms. The van der Waals surface area contributed by atoms with Gasteiger partial charge in [0.2, 0.25) is 17.6 Å². The first-order valence-electron chi connectivity index (χ1n) is 18.3. The summed E-state index contributed by atoms with van der Waals surface area (Å²) in [5.41, 5.74) is -2.07. The summed E-state index contributed by atoms with van der Waals surface area (Å²) in [5, 5.41) is 11.9. The van der Waals surface area contributed by atoms with Crippen LogP contribution in [0.4, 0.5) is 0 Å². The number of aromatic nitrogens is 2. The van der Waals surface area contributed by atoms with Crippen molar-refractivity contribution in [1.29, 1.82) is 0 Å². The summed E-state index contributed by atoms with van der Waals surface area (Å²) in [4.78, 5) is 78.2. The van der Waals surface area contributed by atoms with Crippen molar-refractivity contribution in [3.05, 3.63) is 24.3 Å². The molecule has 2 saturated heterocycles. The molecule has 4 N–H and O–H groups in total. The number of carbonyl (C=O) groups excluding carboxylic acids is 5. The normalized spacial score (nSPS) is 27.3. The molecule has 3 heterocycles. The molecule has 50 heavy (non-hydrogen) atoms. The molecule has 13 heteroatoms. The standard InChI is InChI=1S/C37H59N7O6/c1-11-13-24(28(45)32(48)40-22(4)12-2)41-31(47)27-26-21(3)14-15-23(26)19-44(27)37(20-50-37)34(36(8,9)10)43-33(49)29(35(5,6)7)42-30(46)25-18-38-16-17-39-25/h16-18,21-24,26-27,29,34H,11-15,19-20H2,1-10H3,(H,40,48)(H,41,47)(H,42,46)(H,43,49)/t21-,22-,23-,24-,26?,27-,29+,34-,37?/m0/s1. The highest BCUT2D eigenvalue weighted by molar-refractivity contribution is 6.38. The highest BCUT2D eigenvalue weighted by atomic mass is 16.6. The van der Waals surface area contributed by atoms with E-state index in [9.17, 15) is 24.0 Å². The Hall–Kier alpha value is -3.45. The number of amides is 4. The van der Waals surface area contributed by atoms with E-state index in [0.29, 0.717) is 32.4 Å². The second-order valence-corrected chi connectivity index (χ2v) is 16.8. The minimum absolute atomic E-state index is 0.0207. The lowest BCUT2D eigenvalue weighted by atomic mass is 9.79. The lowest BCUT2D eigenvalue weighted by Gasteiger charge is -2.44. The third kappa shape index (κ3) is 8.53. The highest BCUT2D eigenvalue weighted by Gasteiger charge is 2.67. The topological polar surface area (TPSA) is 175 Å². The summed E-state index contributed by atoms with van der Waals surface area (Å²) < 4.78 is 6.36. The summed E-state index contributed by atoms with van der Waals surface area (Å²) in [6, 6.07) is -3.23. The van der Waals surface area contributed by atoms with Crippen LogP contribution < -0.4 is 21.3 Å². The molecule has 278 valence electrons. The number of ether oxygens (including phenoxy) is 1. The predicted molar refractivity (Wildman–Crippen MR) is 188 cm³/mol. The van der Waals surface area contributed by atoms with Gasteiger partial charge in [0.15, 0.2) is 5.72 Å². The van der Waals surface area contributed by atoms with Crippen molar-refractivity contribution >= 4 is 29.4 Å². The van der Waals surface area contributed by atoms with Crippen molar-refractivity contribution in [2.24, 2.45) is 28.6 Å². The molecule has 4 amide bonds. The Kier molecular flexibility index (Phi) is 12.1. The number of epoxide rings is 1. The quantitative estimate of drug-likeness (QED) is 0.168. The van der Waals surface area contributed by atoms with Gasteiger partial charge in [-0.1, -0.05) is 75.2 Å². The number of ketones is 1. The Morgan fingerprint density at radius 2 is 1.66 bits per heavy atom. The number of fused-ring (bicyclic) bond motifs is 1. The van der Waals surface area contributed by atoms with Crippen molar-refractivity contribution in [2.75, 3.05) is 13.2 Å². The Balaban J connectivity index is 1.63. The molecule has 9 atom stereocenters. The highest BCUT2D eigenvalue weighted by Crippen LogP contribution is 2.53. The summed E-state index contributed by atoms with van der Waals surface area (Å²) >= 11 is 0. The minimum Gasteiger partial charge on any atom is -0.351 e. The smallest absolute Gasteiger partial charge is 0.289 e. The van der Waals surface area contributed by atoms with Gasteiger partial charge in [-0.25, -0.2) is 4.98 Å². The predicted octanol–water partition coefficient (Wildman–Crippen LogP) is 2.99. The first-order valence-corrected chi connectivity index (χ1v) is 18.3. The summed E-state index contributed by atoms with van der Waals surface area (Å²) in [6.07, 6.45) is 7.83. The van der Waals surface area contributed by atoms with E-state index in [-0.39, 0.29) is 41.3 Å². The number of nitrogens with zero attached hydrogens (tertiary/aromatic N) is 3. The second kappa shape index (κ2) is 15.4. The number of hydrogen-bond donors (Lipinski definition) is 4. The van der Waals surface area contributed by atoms with Crippen molar-refractivity contribution < 1.29 is 28.7 Å². The van der Waals surface area contributed by atoms with Gasteiger partial charge in [0.25, 0.3) is 11.8 Å². The molecular weight excluding hydrogens is 638 g/mol. The average Bonchev–Trinajstić information content (AvgIpc) is 3.62.